The van der Waals surface area contributed by atoms with Crippen molar-refractivity contribution in [2.75, 3.05) is 0 Å². The molecule has 2 nitrogen and oxygen atoms in total. The zero-order chi connectivity index (χ0) is 13.7. The molecule has 0 N–H and O–H groups in total. The van der Waals surface area contributed by atoms with Crippen molar-refractivity contribution >= 4 is 28.7 Å². The van der Waals surface area contributed by atoms with Gasteiger partial charge in [-0.2, -0.15) is 0 Å². The molecule has 0 heterocycles. The summed E-state index contributed by atoms with van der Waals surface area (Å²) in [6.07, 6.45) is 8.26. The lowest BCUT2D eigenvalue weighted by Crippen LogP contribution is -2.26. The first-order chi connectivity index (χ1) is 9.19. The first kappa shape index (κ1) is 14.9. The molecule has 0 aliphatic heterocycles. The third-order valence-corrected chi connectivity index (χ3v) is 4.26. The molecular formula is C16H21IO2. The average molecular weight is 372 g/mol. The van der Waals surface area contributed by atoms with Crippen LogP contribution in [0.4, 0.5) is 0 Å². The van der Waals surface area contributed by atoms with Crippen LogP contribution in [0.3, 0.4) is 0 Å². The molecule has 1 saturated carbocycles. The molecule has 0 aromatic heterocycles. The summed E-state index contributed by atoms with van der Waals surface area (Å²) in [6, 6.07) is 6.06. The van der Waals surface area contributed by atoms with Gasteiger partial charge in [-0.05, 0) is 60.1 Å². The van der Waals surface area contributed by atoms with Crippen LogP contribution in [0.5, 0.6) is 5.75 Å². The lowest BCUT2D eigenvalue weighted by atomic mass is 9.98. The fourth-order valence-corrected chi connectivity index (χ4v) is 3.08. The van der Waals surface area contributed by atoms with Gasteiger partial charge in [0, 0.05) is 0 Å². The molecule has 0 bridgehead atoms. The summed E-state index contributed by atoms with van der Waals surface area (Å²) >= 11 is 2.29. The normalized spacial score (nSPS) is 18.0. The second kappa shape index (κ2) is 7.29. The van der Waals surface area contributed by atoms with Gasteiger partial charge in [-0.15, -0.1) is 0 Å². The zero-order valence-corrected chi connectivity index (χ0v) is 13.6. The van der Waals surface area contributed by atoms with Crippen LogP contribution in [-0.4, -0.2) is 12.4 Å². The Labute approximate surface area is 129 Å². The second-order valence-electron chi connectivity index (χ2n) is 4.98. The minimum Gasteiger partial charge on any atom is -0.464 e. The molecular weight excluding hydrogens is 351 g/mol. The fourth-order valence-electron chi connectivity index (χ4n) is 2.42. The van der Waals surface area contributed by atoms with E-state index in [4.69, 9.17) is 9.47 Å². The molecule has 104 valence electrons. The Kier molecular flexibility index (Phi) is 5.70. The van der Waals surface area contributed by atoms with Crippen molar-refractivity contribution in [3.63, 3.8) is 0 Å². The largest absolute Gasteiger partial charge is 0.464 e. The molecule has 0 spiro atoms. The Bertz CT molecular complexity index is 425. The first-order valence-corrected chi connectivity index (χ1v) is 8.01. The topological polar surface area (TPSA) is 18.5 Å². The highest BCUT2D eigenvalue weighted by Gasteiger charge is 2.18. The van der Waals surface area contributed by atoms with Crippen LogP contribution in [0.2, 0.25) is 0 Å². The molecule has 1 aromatic rings. The Hall–Kier alpha value is -0.550. The van der Waals surface area contributed by atoms with E-state index in [9.17, 15) is 0 Å². The second-order valence-corrected chi connectivity index (χ2v) is 6.14. The number of hydrogen-bond donors (Lipinski definition) is 0. The van der Waals surface area contributed by atoms with E-state index in [2.05, 4.69) is 35.2 Å². The van der Waals surface area contributed by atoms with Crippen molar-refractivity contribution < 1.29 is 9.47 Å². The third-order valence-electron chi connectivity index (χ3n) is 3.42. The number of rotatable bonds is 5. The van der Waals surface area contributed by atoms with Gasteiger partial charge in [0.1, 0.15) is 5.75 Å². The molecule has 1 atom stereocenters. The highest BCUT2D eigenvalue weighted by Crippen LogP contribution is 2.26. The van der Waals surface area contributed by atoms with Crippen LogP contribution in [0.25, 0.3) is 6.08 Å². The van der Waals surface area contributed by atoms with Gasteiger partial charge in [0.2, 0.25) is 0 Å². The van der Waals surface area contributed by atoms with Crippen molar-refractivity contribution in [2.45, 2.75) is 51.4 Å². The molecule has 0 radical (unpaired) electrons. The molecule has 1 aromatic carbocycles. The van der Waals surface area contributed by atoms with Gasteiger partial charge in [-0.1, -0.05) is 38.0 Å². The molecule has 0 saturated heterocycles. The van der Waals surface area contributed by atoms with E-state index in [1.807, 2.05) is 25.1 Å². The minimum absolute atomic E-state index is 0.189. The fraction of sp³-hybridized carbons (Fsp3) is 0.500. The van der Waals surface area contributed by atoms with E-state index < -0.39 is 0 Å². The maximum atomic E-state index is 5.96. The maximum absolute atomic E-state index is 5.96. The number of ether oxygens (including phenoxy) is 2. The predicted molar refractivity (Wildman–Crippen MR) is 87.3 cm³/mol. The maximum Gasteiger partial charge on any atom is 0.197 e. The molecule has 0 amide bonds. The summed E-state index contributed by atoms with van der Waals surface area (Å²) in [7, 11) is 0. The minimum atomic E-state index is -0.189. The molecule has 2 rings (SSSR count). The molecule has 19 heavy (non-hydrogen) atoms. The predicted octanol–water partition coefficient (Wildman–Crippen LogP) is 5.01. The molecule has 3 heteroatoms. The van der Waals surface area contributed by atoms with Crippen LogP contribution in [0.1, 0.15) is 44.6 Å². The lowest BCUT2D eigenvalue weighted by molar-refractivity contribution is -0.117. The summed E-state index contributed by atoms with van der Waals surface area (Å²) in [5.41, 5.74) is 1.11. The Morgan fingerprint density at radius 2 is 2.05 bits per heavy atom. The monoisotopic (exact) mass is 372 g/mol. The molecule has 1 aliphatic carbocycles. The van der Waals surface area contributed by atoms with Gasteiger partial charge in [0.15, 0.2) is 6.29 Å². The van der Waals surface area contributed by atoms with Crippen molar-refractivity contribution in [1.29, 1.82) is 0 Å². The van der Waals surface area contributed by atoms with Gasteiger partial charge < -0.3 is 9.47 Å². The summed E-state index contributed by atoms with van der Waals surface area (Å²) < 4.78 is 12.9. The summed E-state index contributed by atoms with van der Waals surface area (Å²) in [5, 5.41) is 0. The molecule has 1 fully saturated rings. The van der Waals surface area contributed by atoms with Gasteiger partial charge >= 0.3 is 0 Å². The SMILES string of the molecule is C=Cc1ccc(OC(C)OC2CCCCC2)c(I)c1. The standard InChI is InChI=1S/C16H21IO2/c1-3-13-9-10-16(15(17)11-13)19-12(2)18-14-7-5-4-6-8-14/h3,9-12,14H,1,4-8H2,2H3. The van der Waals surface area contributed by atoms with Gasteiger partial charge in [0.25, 0.3) is 0 Å². The summed E-state index contributed by atoms with van der Waals surface area (Å²) in [4.78, 5) is 0. The average Bonchev–Trinajstić information content (AvgIpc) is 2.42. The zero-order valence-electron chi connectivity index (χ0n) is 11.4. The van der Waals surface area contributed by atoms with E-state index in [0.29, 0.717) is 6.10 Å². The number of halogens is 1. The number of benzene rings is 1. The Balaban J connectivity index is 1.90. The van der Waals surface area contributed by atoms with Crippen molar-refractivity contribution in [3.05, 3.63) is 33.9 Å². The van der Waals surface area contributed by atoms with Gasteiger partial charge in [0.05, 0.1) is 9.67 Å². The summed E-state index contributed by atoms with van der Waals surface area (Å²) in [6.45, 7) is 5.75. The lowest BCUT2D eigenvalue weighted by Gasteiger charge is -2.26. The van der Waals surface area contributed by atoms with E-state index in [0.717, 1.165) is 14.9 Å². The van der Waals surface area contributed by atoms with E-state index >= 15 is 0 Å². The van der Waals surface area contributed by atoms with E-state index in [1.165, 1.54) is 32.1 Å². The van der Waals surface area contributed by atoms with E-state index in [-0.39, 0.29) is 6.29 Å². The quantitative estimate of drug-likeness (QED) is 0.535. The van der Waals surface area contributed by atoms with Crippen LogP contribution in [0.15, 0.2) is 24.8 Å². The summed E-state index contributed by atoms with van der Waals surface area (Å²) in [5.74, 6) is 0.884. The van der Waals surface area contributed by atoms with Crippen molar-refractivity contribution in [3.8, 4) is 5.75 Å². The van der Waals surface area contributed by atoms with Crippen molar-refractivity contribution in [1.82, 2.24) is 0 Å². The number of hydrogen-bond acceptors (Lipinski definition) is 2. The van der Waals surface area contributed by atoms with Crippen molar-refractivity contribution in [2.24, 2.45) is 0 Å². The van der Waals surface area contributed by atoms with Gasteiger partial charge in [-0.25, -0.2) is 0 Å². The molecule has 1 unspecified atom stereocenters. The van der Waals surface area contributed by atoms with E-state index in [1.54, 1.807) is 0 Å². The van der Waals surface area contributed by atoms with Crippen LogP contribution in [0, 0.1) is 3.57 Å². The van der Waals surface area contributed by atoms with Crippen LogP contribution < -0.4 is 4.74 Å². The first-order valence-electron chi connectivity index (χ1n) is 6.93. The highest BCUT2D eigenvalue weighted by molar-refractivity contribution is 14.1. The smallest absolute Gasteiger partial charge is 0.197 e. The highest BCUT2D eigenvalue weighted by atomic mass is 127. The van der Waals surface area contributed by atoms with Crippen LogP contribution >= 0.6 is 22.6 Å². The third kappa shape index (κ3) is 4.49. The molecule has 1 aliphatic rings. The van der Waals surface area contributed by atoms with Crippen LogP contribution in [-0.2, 0) is 4.74 Å². The Morgan fingerprint density at radius 3 is 2.68 bits per heavy atom. The van der Waals surface area contributed by atoms with Gasteiger partial charge in [-0.3, -0.25) is 0 Å². The Morgan fingerprint density at radius 1 is 1.32 bits per heavy atom.